The monoisotopic (exact) mass is 435 g/mol. The summed E-state index contributed by atoms with van der Waals surface area (Å²) in [5, 5.41) is 0.508. The highest BCUT2D eigenvalue weighted by molar-refractivity contribution is 7.89. The summed E-state index contributed by atoms with van der Waals surface area (Å²) >= 11 is 5.86. The Morgan fingerprint density at radius 3 is 2.38 bits per heavy atom. The molecule has 1 N–H and O–H groups in total. The lowest BCUT2D eigenvalue weighted by Crippen LogP contribution is -2.38. The number of carbonyl (C=O) groups is 1. The fraction of sp³-hybridized carbons (Fsp3) is 0.409. The smallest absolute Gasteiger partial charge is 0.310 e. The zero-order valence-electron chi connectivity index (χ0n) is 16.4. The molecule has 0 spiro atoms. The van der Waals surface area contributed by atoms with E-state index >= 15 is 0 Å². The normalized spacial score (nSPS) is 19.2. The Morgan fingerprint density at radius 1 is 1.07 bits per heavy atom. The van der Waals surface area contributed by atoms with Crippen LogP contribution in [0.1, 0.15) is 37.3 Å². The Hall–Kier alpha value is -1.89. The third-order valence-corrected chi connectivity index (χ3v) is 7.02. The number of halogens is 1. The molecule has 0 aliphatic heterocycles. The molecule has 0 heterocycles. The molecule has 1 aliphatic rings. The zero-order chi connectivity index (χ0) is 20.9. The minimum Gasteiger partial charge on any atom is -0.466 e. The van der Waals surface area contributed by atoms with E-state index in [-0.39, 0.29) is 29.2 Å². The van der Waals surface area contributed by atoms with Crippen molar-refractivity contribution >= 4 is 27.6 Å². The van der Waals surface area contributed by atoms with Crippen molar-refractivity contribution in [2.45, 2.75) is 50.0 Å². The maximum absolute atomic E-state index is 12.7. The van der Waals surface area contributed by atoms with E-state index in [4.69, 9.17) is 16.3 Å². The van der Waals surface area contributed by atoms with Crippen molar-refractivity contribution in [3.63, 3.8) is 0 Å². The molecule has 5 nitrogen and oxygen atoms in total. The molecule has 2 atom stereocenters. The fourth-order valence-electron chi connectivity index (χ4n) is 3.79. The zero-order valence-corrected chi connectivity index (χ0v) is 18.0. The van der Waals surface area contributed by atoms with Gasteiger partial charge in [0.25, 0.3) is 0 Å². The van der Waals surface area contributed by atoms with E-state index in [1.165, 1.54) is 12.1 Å². The van der Waals surface area contributed by atoms with Crippen LogP contribution < -0.4 is 4.72 Å². The van der Waals surface area contributed by atoms with Gasteiger partial charge in [0.05, 0.1) is 17.9 Å². The summed E-state index contributed by atoms with van der Waals surface area (Å²) in [7, 11) is -3.57. The second-order valence-corrected chi connectivity index (χ2v) is 9.53. The van der Waals surface area contributed by atoms with Gasteiger partial charge in [-0.3, -0.25) is 4.79 Å². The van der Waals surface area contributed by atoms with Crippen LogP contribution in [0.5, 0.6) is 0 Å². The molecule has 2 aromatic carbocycles. The first-order valence-corrected chi connectivity index (χ1v) is 11.7. The number of ether oxygens (including phenoxy) is 1. The number of benzene rings is 2. The fourth-order valence-corrected chi connectivity index (χ4v) is 5.26. The second-order valence-electron chi connectivity index (χ2n) is 7.38. The first-order chi connectivity index (χ1) is 13.9. The highest BCUT2D eigenvalue weighted by Crippen LogP contribution is 2.30. The minimum atomic E-state index is -3.57. The van der Waals surface area contributed by atoms with Gasteiger partial charge in [0.1, 0.15) is 0 Å². The molecule has 0 aromatic heterocycles. The van der Waals surface area contributed by atoms with Crippen molar-refractivity contribution in [1.29, 1.82) is 0 Å². The van der Waals surface area contributed by atoms with E-state index in [1.54, 1.807) is 19.1 Å². The molecule has 2 unspecified atom stereocenters. The number of rotatable bonds is 8. The van der Waals surface area contributed by atoms with Crippen molar-refractivity contribution in [3.05, 3.63) is 64.7 Å². The topological polar surface area (TPSA) is 72.5 Å². The predicted octanol–water partition coefficient (Wildman–Crippen LogP) is 4.14. The van der Waals surface area contributed by atoms with Gasteiger partial charge in [-0.1, -0.05) is 42.3 Å². The molecule has 0 radical (unpaired) electrons. The number of hydrogen-bond donors (Lipinski definition) is 1. The Morgan fingerprint density at radius 2 is 1.72 bits per heavy atom. The molecule has 1 fully saturated rings. The maximum atomic E-state index is 12.7. The molecule has 7 heteroatoms. The van der Waals surface area contributed by atoms with Crippen LogP contribution >= 0.6 is 11.6 Å². The van der Waals surface area contributed by atoms with Gasteiger partial charge in [-0.2, -0.15) is 0 Å². The molecule has 0 amide bonds. The van der Waals surface area contributed by atoms with Gasteiger partial charge in [-0.25, -0.2) is 13.1 Å². The number of carbonyl (C=O) groups excluding carboxylic acids is 1. The van der Waals surface area contributed by atoms with E-state index < -0.39 is 10.0 Å². The van der Waals surface area contributed by atoms with E-state index in [0.717, 1.165) is 36.8 Å². The molecule has 156 valence electrons. The molecular formula is C22H26ClNO4S. The van der Waals surface area contributed by atoms with Crippen molar-refractivity contribution in [3.8, 4) is 0 Å². The average Bonchev–Trinajstić information content (AvgIpc) is 3.10. The second kappa shape index (κ2) is 9.74. The highest BCUT2D eigenvalue weighted by atomic mass is 35.5. The average molecular weight is 436 g/mol. The molecule has 2 aromatic rings. The van der Waals surface area contributed by atoms with Gasteiger partial charge in [0, 0.05) is 11.1 Å². The SMILES string of the molecule is CCOC(=O)Cc1ccc(CC2CCCC2NS(=O)(=O)c2ccc(Cl)cc2)cc1. The predicted molar refractivity (Wildman–Crippen MR) is 113 cm³/mol. The lowest BCUT2D eigenvalue weighted by atomic mass is 9.94. The standard InChI is InChI=1S/C22H26ClNO4S/c1-2-28-22(25)15-17-8-6-16(7-9-17)14-18-4-3-5-21(18)24-29(26,27)20-12-10-19(23)11-13-20/h6-13,18,21,24H,2-5,14-15H2,1H3. The Kier molecular flexibility index (Phi) is 7.33. The van der Waals surface area contributed by atoms with Gasteiger partial charge in [-0.15, -0.1) is 0 Å². The first-order valence-electron chi connectivity index (χ1n) is 9.88. The van der Waals surface area contributed by atoms with Crippen LogP contribution in [-0.4, -0.2) is 27.0 Å². The number of hydrogen-bond acceptors (Lipinski definition) is 4. The molecule has 0 saturated heterocycles. The van der Waals surface area contributed by atoms with Crippen molar-refractivity contribution in [1.82, 2.24) is 4.72 Å². The molecular weight excluding hydrogens is 410 g/mol. The van der Waals surface area contributed by atoms with Gasteiger partial charge >= 0.3 is 5.97 Å². The Labute approximate surface area is 177 Å². The Balaban J connectivity index is 1.62. The van der Waals surface area contributed by atoms with Crippen molar-refractivity contribution in [2.24, 2.45) is 5.92 Å². The lowest BCUT2D eigenvalue weighted by molar-refractivity contribution is -0.142. The summed E-state index contributed by atoms with van der Waals surface area (Å²) in [6, 6.07) is 14.0. The number of nitrogens with one attached hydrogen (secondary N) is 1. The third kappa shape index (κ3) is 6.04. The number of sulfonamides is 1. The summed E-state index contributed by atoms with van der Waals surface area (Å²) in [5.41, 5.74) is 2.05. The van der Waals surface area contributed by atoms with E-state index in [0.29, 0.717) is 11.6 Å². The third-order valence-electron chi connectivity index (χ3n) is 5.26. The molecule has 1 saturated carbocycles. The number of esters is 1. The van der Waals surface area contributed by atoms with E-state index in [2.05, 4.69) is 4.72 Å². The van der Waals surface area contributed by atoms with Crippen LogP contribution in [0.4, 0.5) is 0 Å². The minimum absolute atomic E-state index is 0.0881. The first kappa shape index (κ1) is 21.8. The van der Waals surface area contributed by atoms with Crippen LogP contribution in [0.2, 0.25) is 5.02 Å². The molecule has 1 aliphatic carbocycles. The van der Waals surface area contributed by atoms with Crippen molar-refractivity contribution < 1.29 is 17.9 Å². The summed E-state index contributed by atoms with van der Waals surface area (Å²) in [6.07, 6.45) is 3.88. The van der Waals surface area contributed by atoms with Crippen LogP contribution in [0.3, 0.4) is 0 Å². The molecule has 0 bridgehead atoms. The lowest BCUT2D eigenvalue weighted by Gasteiger charge is -2.21. The van der Waals surface area contributed by atoms with Crippen LogP contribution in [-0.2, 0) is 32.4 Å². The highest BCUT2D eigenvalue weighted by Gasteiger charge is 2.31. The van der Waals surface area contributed by atoms with Crippen molar-refractivity contribution in [2.75, 3.05) is 6.61 Å². The maximum Gasteiger partial charge on any atom is 0.310 e. The van der Waals surface area contributed by atoms with Crippen LogP contribution in [0.25, 0.3) is 0 Å². The van der Waals surface area contributed by atoms with Gasteiger partial charge in [0.15, 0.2) is 0 Å². The van der Waals surface area contributed by atoms with E-state index in [1.807, 2.05) is 24.3 Å². The summed E-state index contributed by atoms with van der Waals surface area (Å²) in [6.45, 7) is 2.17. The summed E-state index contributed by atoms with van der Waals surface area (Å²) in [5.74, 6) is 0.0145. The van der Waals surface area contributed by atoms with Gasteiger partial charge in [-0.05, 0) is 67.5 Å². The summed E-state index contributed by atoms with van der Waals surface area (Å²) in [4.78, 5) is 11.8. The van der Waals surface area contributed by atoms with Crippen LogP contribution in [0, 0.1) is 5.92 Å². The van der Waals surface area contributed by atoms with E-state index in [9.17, 15) is 13.2 Å². The molecule has 29 heavy (non-hydrogen) atoms. The molecule has 3 rings (SSSR count). The quantitative estimate of drug-likeness (QED) is 0.632. The Bertz CT molecular complexity index is 926. The van der Waals surface area contributed by atoms with Gasteiger partial charge in [0.2, 0.25) is 10.0 Å². The van der Waals surface area contributed by atoms with Crippen LogP contribution in [0.15, 0.2) is 53.4 Å². The largest absolute Gasteiger partial charge is 0.466 e. The van der Waals surface area contributed by atoms with Gasteiger partial charge < -0.3 is 4.74 Å². The summed E-state index contributed by atoms with van der Waals surface area (Å²) < 4.78 is 33.3.